The second-order valence-electron chi connectivity index (χ2n) is 11.6. The normalized spacial score (nSPS) is 17.5. The van der Waals surface area contributed by atoms with Crippen molar-refractivity contribution < 1.29 is 4.74 Å². The van der Waals surface area contributed by atoms with Crippen LogP contribution in [0.15, 0.2) is 140 Å². The van der Waals surface area contributed by atoms with E-state index >= 15 is 0 Å². The van der Waals surface area contributed by atoms with Gasteiger partial charge in [-0.2, -0.15) is 0 Å². The minimum Gasteiger partial charge on any atom is -0.484 e. The number of hydrogen-bond acceptors (Lipinski definition) is 1. The Morgan fingerprint density at radius 1 is 0.548 bits per heavy atom. The molecule has 1 aromatic heterocycles. The van der Waals surface area contributed by atoms with Crippen LogP contribution in [-0.4, -0.2) is 10.7 Å². The highest BCUT2D eigenvalue weighted by molar-refractivity contribution is 6.25. The van der Waals surface area contributed by atoms with Gasteiger partial charge in [-0.15, -0.1) is 0 Å². The molecule has 196 valence electrons. The molecule has 1 aliphatic carbocycles. The molecular weight excluding hydrogens is 510 g/mol. The van der Waals surface area contributed by atoms with Gasteiger partial charge in [0.1, 0.15) is 11.9 Å². The summed E-state index contributed by atoms with van der Waals surface area (Å²) in [4.78, 5) is 0. The van der Waals surface area contributed by atoms with E-state index in [-0.39, 0.29) is 12.0 Å². The van der Waals surface area contributed by atoms with Gasteiger partial charge >= 0.3 is 0 Å². The predicted octanol–water partition coefficient (Wildman–Crippen LogP) is 10.3. The Labute approximate surface area is 242 Å². The van der Waals surface area contributed by atoms with E-state index in [1.807, 2.05) is 0 Å². The minimum absolute atomic E-state index is 0.0741. The van der Waals surface area contributed by atoms with Crippen LogP contribution in [-0.2, 0) is 0 Å². The second-order valence-corrected chi connectivity index (χ2v) is 11.6. The summed E-state index contributed by atoms with van der Waals surface area (Å²) in [5.74, 6) is 1.29. The van der Waals surface area contributed by atoms with Crippen LogP contribution in [0.2, 0.25) is 0 Å². The third-order valence-electron chi connectivity index (χ3n) is 9.45. The Balaban J connectivity index is 1.26. The zero-order valence-electron chi connectivity index (χ0n) is 22.8. The minimum atomic E-state index is 0.0741. The SMILES string of the molecule is C1=CC2Oc3c(-c4ccc5c(c4)c4ccccc4n5-c4cc5cccc6ccc7cccc4c7c65)cccc3C2C=C1. The number of ether oxygens (including phenoxy) is 1. The number of hydrogen-bond donors (Lipinski definition) is 0. The fraction of sp³-hybridized carbons (Fsp3) is 0.0500. The Morgan fingerprint density at radius 3 is 2.26 bits per heavy atom. The summed E-state index contributed by atoms with van der Waals surface area (Å²) in [5, 5.41) is 10.3. The summed E-state index contributed by atoms with van der Waals surface area (Å²) in [6, 6.07) is 42.6. The maximum atomic E-state index is 6.54. The number of fused-ring (bicyclic) bond motifs is 6. The number of rotatable bonds is 2. The van der Waals surface area contributed by atoms with Gasteiger partial charge in [-0.1, -0.05) is 109 Å². The molecule has 2 atom stereocenters. The first-order valence-corrected chi connectivity index (χ1v) is 14.7. The van der Waals surface area contributed by atoms with Crippen molar-refractivity contribution in [2.75, 3.05) is 0 Å². The van der Waals surface area contributed by atoms with E-state index in [4.69, 9.17) is 4.74 Å². The molecule has 0 N–H and O–H groups in total. The molecule has 2 unspecified atom stereocenters. The monoisotopic (exact) mass is 535 g/mol. The summed E-state index contributed by atoms with van der Waals surface area (Å²) in [6.45, 7) is 0. The first kappa shape index (κ1) is 22.4. The quantitative estimate of drug-likeness (QED) is 0.201. The largest absolute Gasteiger partial charge is 0.484 e. The topological polar surface area (TPSA) is 14.2 Å². The summed E-state index contributed by atoms with van der Waals surface area (Å²) in [7, 11) is 0. The Bertz CT molecular complexity index is 2460. The highest BCUT2D eigenvalue weighted by Gasteiger charge is 2.33. The lowest BCUT2D eigenvalue weighted by molar-refractivity contribution is 0.270. The van der Waals surface area contributed by atoms with Crippen LogP contribution in [0, 0.1) is 0 Å². The highest BCUT2D eigenvalue weighted by atomic mass is 16.5. The van der Waals surface area contributed by atoms with Crippen LogP contribution in [0.25, 0.3) is 70.9 Å². The molecule has 0 spiro atoms. The molecule has 2 heteroatoms. The van der Waals surface area contributed by atoms with Gasteiger partial charge in [0.05, 0.1) is 16.7 Å². The van der Waals surface area contributed by atoms with Crippen molar-refractivity contribution in [1.82, 2.24) is 4.57 Å². The fourth-order valence-electron chi connectivity index (χ4n) is 7.62. The average molecular weight is 536 g/mol. The van der Waals surface area contributed by atoms with E-state index in [0.29, 0.717) is 0 Å². The number of allylic oxidation sites excluding steroid dienone is 2. The van der Waals surface area contributed by atoms with E-state index < -0.39 is 0 Å². The molecule has 0 fully saturated rings. The van der Waals surface area contributed by atoms with Gasteiger partial charge in [0.2, 0.25) is 0 Å². The summed E-state index contributed by atoms with van der Waals surface area (Å²) >= 11 is 0. The first-order valence-electron chi connectivity index (χ1n) is 14.7. The molecule has 2 aliphatic rings. The average Bonchev–Trinajstić information content (AvgIpc) is 3.59. The Morgan fingerprint density at radius 2 is 1.31 bits per heavy atom. The summed E-state index contributed by atoms with van der Waals surface area (Å²) in [5.41, 5.74) is 7.26. The predicted molar refractivity (Wildman–Crippen MR) is 175 cm³/mol. The van der Waals surface area contributed by atoms with Crippen LogP contribution in [0.1, 0.15) is 11.5 Å². The number of benzene rings is 7. The van der Waals surface area contributed by atoms with Gasteiger partial charge in [0, 0.05) is 33.2 Å². The van der Waals surface area contributed by atoms with Crippen molar-refractivity contribution in [3.05, 3.63) is 145 Å². The van der Waals surface area contributed by atoms with Crippen molar-refractivity contribution in [3.63, 3.8) is 0 Å². The maximum Gasteiger partial charge on any atom is 0.132 e. The number of para-hydroxylation sites is 2. The van der Waals surface area contributed by atoms with Gasteiger partial charge in [0.15, 0.2) is 0 Å². The van der Waals surface area contributed by atoms with Crippen LogP contribution in [0.3, 0.4) is 0 Å². The van der Waals surface area contributed by atoms with Gasteiger partial charge in [-0.3, -0.25) is 0 Å². The van der Waals surface area contributed by atoms with Crippen LogP contribution >= 0.6 is 0 Å². The van der Waals surface area contributed by atoms with Crippen LogP contribution in [0.4, 0.5) is 0 Å². The maximum absolute atomic E-state index is 6.54. The molecule has 0 bridgehead atoms. The fourth-order valence-corrected chi connectivity index (χ4v) is 7.62. The molecule has 1 aliphatic heterocycles. The molecule has 0 amide bonds. The standard InChI is InChI=1S/C40H25NO/c1-3-16-34-29(11-1)33-22-26(28-13-7-14-31-30-12-2-4-17-37(30)42-40(28)31)20-21-35(33)41(34)36-23-27-10-5-8-24-18-19-25-9-6-15-32(36)39(25)38(24)27/h1-23,30,37H. The second kappa shape index (κ2) is 8.11. The molecule has 2 heterocycles. The molecule has 2 nitrogen and oxygen atoms in total. The lowest BCUT2D eigenvalue weighted by Crippen LogP contribution is -2.15. The number of aromatic nitrogens is 1. The molecule has 0 radical (unpaired) electrons. The van der Waals surface area contributed by atoms with E-state index in [2.05, 4.69) is 144 Å². The molecule has 42 heavy (non-hydrogen) atoms. The van der Waals surface area contributed by atoms with E-state index in [0.717, 1.165) is 11.3 Å². The molecule has 7 aromatic carbocycles. The molecule has 10 rings (SSSR count). The number of nitrogens with zero attached hydrogens (tertiary/aromatic N) is 1. The summed E-state index contributed by atoms with van der Waals surface area (Å²) < 4.78 is 9.00. The first-order chi connectivity index (χ1) is 20.8. The summed E-state index contributed by atoms with van der Waals surface area (Å²) in [6.07, 6.45) is 8.72. The zero-order valence-corrected chi connectivity index (χ0v) is 22.8. The molecule has 0 saturated heterocycles. The molecule has 0 saturated carbocycles. The van der Waals surface area contributed by atoms with Crippen molar-refractivity contribution in [1.29, 1.82) is 0 Å². The lowest BCUT2D eigenvalue weighted by atomic mass is 9.90. The van der Waals surface area contributed by atoms with Crippen molar-refractivity contribution in [2.24, 2.45) is 0 Å². The smallest absolute Gasteiger partial charge is 0.132 e. The van der Waals surface area contributed by atoms with Gasteiger partial charge in [-0.25, -0.2) is 0 Å². The van der Waals surface area contributed by atoms with Gasteiger partial charge < -0.3 is 9.30 Å². The molecule has 8 aromatic rings. The van der Waals surface area contributed by atoms with E-state index in [1.165, 1.54) is 70.9 Å². The van der Waals surface area contributed by atoms with Crippen molar-refractivity contribution >= 4 is 54.1 Å². The van der Waals surface area contributed by atoms with E-state index in [1.54, 1.807) is 0 Å². The van der Waals surface area contributed by atoms with Crippen LogP contribution in [0.5, 0.6) is 5.75 Å². The third kappa shape index (κ3) is 2.89. The van der Waals surface area contributed by atoms with Gasteiger partial charge in [0.25, 0.3) is 0 Å². The lowest BCUT2D eigenvalue weighted by Gasteiger charge is -2.17. The van der Waals surface area contributed by atoms with Crippen LogP contribution < -0.4 is 4.74 Å². The third-order valence-corrected chi connectivity index (χ3v) is 9.45. The van der Waals surface area contributed by atoms with Crippen molar-refractivity contribution in [3.8, 4) is 22.6 Å². The zero-order chi connectivity index (χ0) is 27.4. The Hall–Kier alpha value is -5.34. The molecular formula is C40H25NO. The van der Waals surface area contributed by atoms with Crippen molar-refractivity contribution in [2.45, 2.75) is 12.0 Å². The van der Waals surface area contributed by atoms with E-state index in [9.17, 15) is 0 Å². The van der Waals surface area contributed by atoms with Gasteiger partial charge in [-0.05, 0) is 62.8 Å². The highest BCUT2D eigenvalue weighted by Crippen LogP contribution is 2.48. The Kier molecular flexibility index (Phi) is 4.32.